The van der Waals surface area contributed by atoms with Gasteiger partial charge in [-0.25, -0.2) is 4.79 Å². The van der Waals surface area contributed by atoms with Crippen molar-refractivity contribution in [2.24, 2.45) is 5.11 Å². The summed E-state index contributed by atoms with van der Waals surface area (Å²) < 4.78 is 4.73. The topological polar surface area (TPSA) is 75.1 Å². The van der Waals surface area contributed by atoms with Gasteiger partial charge < -0.3 is 4.74 Å². The SMILES string of the molecule is CCOC(=O)C=Cc1cccc(N=[N+]=[N-])c1. The first-order valence-corrected chi connectivity index (χ1v) is 4.76. The van der Waals surface area contributed by atoms with Crippen molar-refractivity contribution in [3.05, 3.63) is 46.3 Å². The number of ether oxygens (including phenoxy) is 1. The lowest BCUT2D eigenvalue weighted by Gasteiger charge is -1.96. The van der Waals surface area contributed by atoms with Crippen LogP contribution in [0, 0.1) is 0 Å². The van der Waals surface area contributed by atoms with Gasteiger partial charge in [0.15, 0.2) is 0 Å². The number of benzene rings is 1. The molecule has 82 valence electrons. The number of rotatable bonds is 4. The third-order valence-corrected chi connectivity index (χ3v) is 1.73. The van der Waals surface area contributed by atoms with Crippen molar-refractivity contribution in [2.75, 3.05) is 6.61 Å². The lowest BCUT2D eigenvalue weighted by atomic mass is 10.2. The molecule has 0 atom stereocenters. The molecule has 0 aromatic heterocycles. The Morgan fingerprint density at radius 1 is 1.62 bits per heavy atom. The average Bonchev–Trinajstić information content (AvgIpc) is 2.28. The maximum atomic E-state index is 11.0. The third kappa shape index (κ3) is 3.86. The van der Waals surface area contributed by atoms with E-state index >= 15 is 0 Å². The first-order chi connectivity index (χ1) is 7.76. The van der Waals surface area contributed by atoms with Crippen LogP contribution in [0.4, 0.5) is 5.69 Å². The quantitative estimate of drug-likeness (QED) is 0.255. The van der Waals surface area contributed by atoms with Crippen LogP contribution in [0.1, 0.15) is 12.5 Å². The van der Waals surface area contributed by atoms with E-state index in [2.05, 4.69) is 10.0 Å². The number of carbonyl (C=O) groups excluding carboxylic acids is 1. The summed E-state index contributed by atoms with van der Waals surface area (Å²) in [4.78, 5) is 13.7. The predicted molar refractivity (Wildman–Crippen MR) is 60.9 cm³/mol. The van der Waals surface area contributed by atoms with Crippen molar-refractivity contribution in [3.63, 3.8) is 0 Å². The lowest BCUT2D eigenvalue weighted by Crippen LogP contribution is -1.98. The van der Waals surface area contributed by atoms with Crippen LogP contribution in [0.2, 0.25) is 0 Å². The number of nitrogens with zero attached hydrogens (tertiary/aromatic N) is 3. The molecule has 0 fully saturated rings. The summed E-state index contributed by atoms with van der Waals surface area (Å²) >= 11 is 0. The second kappa shape index (κ2) is 6.27. The zero-order valence-electron chi connectivity index (χ0n) is 8.83. The lowest BCUT2D eigenvalue weighted by molar-refractivity contribution is -0.137. The second-order valence-corrected chi connectivity index (χ2v) is 2.87. The summed E-state index contributed by atoms with van der Waals surface area (Å²) in [6.45, 7) is 2.09. The summed E-state index contributed by atoms with van der Waals surface area (Å²) in [5.41, 5.74) is 9.55. The van der Waals surface area contributed by atoms with E-state index in [1.54, 1.807) is 37.3 Å². The van der Waals surface area contributed by atoms with Gasteiger partial charge in [0.05, 0.1) is 6.61 Å². The molecule has 0 aliphatic rings. The summed E-state index contributed by atoms with van der Waals surface area (Å²) in [5, 5.41) is 3.46. The fourth-order valence-electron chi connectivity index (χ4n) is 1.10. The van der Waals surface area contributed by atoms with Crippen LogP contribution >= 0.6 is 0 Å². The van der Waals surface area contributed by atoms with E-state index < -0.39 is 5.97 Å². The number of hydrogen-bond donors (Lipinski definition) is 0. The van der Waals surface area contributed by atoms with Crippen LogP contribution in [-0.4, -0.2) is 12.6 Å². The maximum absolute atomic E-state index is 11.0. The van der Waals surface area contributed by atoms with Crippen molar-refractivity contribution in [3.8, 4) is 0 Å². The molecule has 1 rings (SSSR count). The van der Waals surface area contributed by atoms with Gasteiger partial charge in [0, 0.05) is 16.7 Å². The molecule has 5 nitrogen and oxygen atoms in total. The fourth-order valence-corrected chi connectivity index (χ4v) is 1.10. The highest BCUT2D eigenvalue weighted by atomic mass is 16.5. The Hall–Kier alpha value is -2.26. The number of carbonyl (C=O) groups is 1. The molecule has 0 amide bonds. The van der Waals surface area contributed by atoms with E-state index in [1.807, 2.05) is 0 Å². The van der Waals surface area contributed by atoms with Crippen molar-refractivity contribution in [1.29, 1.82) is 0 Å². The molecule has 16 heavy (non-hydrogen) atoms. The van der Waals surface area contributed by atoms with E-state index in [0.29, 0.717) is 12.3 Å². The van der Waals surface area contributed by atoms with Crippen LogP contribution in [0.5, 0.6) is 0 Å². The highest BCUT2D eigenvalue weighted by molar-refractivity contribution is 5.87. The van der Waals surface area contributed by atoms with Crippen LogP contribution in [-0.2, 0) is 9.53 Å². The summed E-state index contributed by atoms with van der Waals surface area (Å²) in [5.74, 6) is -0.392. The molecule has 0 unspecified atom stereocenters. The zero-order chi connectivity index (χ0) is 11.8. The van der Waals surface area contributed by atoms with Gasteiger partial charge in [0.2, 0.25) is 0 Å². The fraction of sp³-hybridized carbons (Fsp3) is 0.182. The number of hydrogen-bond acceptors (Lipinski definition) is 3. The molecule has 0 spiro atoms. The molecule has 0 aliphatic carbocycles. The molecule has 1 aromatic carbocycles. The van der Waals surface area contributed by atoms with Crippen molar-refractivity contribution in [1.82, 2.24) is 0 Å². The van der Waals surface area contributed by atoms with E-state index in [0.717, 1.165) is 5.56 Å². The average molecular weight is 217 g/mol. The van der Waals surface area contributed by atoms with E-state index in [9.17, 15) is 4.79 Å². The zero-order valence-corrected chi connectivity index (χ0v) is 8.83. The summed E-state index contributed by atoms with van der Waals surface area (Å²) in [7, 11) is 0. The van der Waals surface area contributed by atoms with Crippen molar-refractivity contribution in [2.45, 2.75) is 6.92 Å². The van der Waals surface area contributed by atoms with Gasteiger partial charge in [-0.1, -0.05) is 23.3 Å². The van der Waals surface area contributed by atoms with Gasteiger partial charge in [-0.3, -0.25) is 0 Å². The third-order valence-electron chi connectivity index (χ3n) is 1.73. The molecular weight excluding hydrogens is 206 g/mol. The largest absolute Gasteiger partial charge is 0.463 e. The molecule has 1 aromatic rings. The van der Waals surface area contributed by atoms with Crippen molar-refractivity contribution < 1.29 is 9.53 Å². The monoisotopic (exact) mass is 217 g/mol. The summed E-state index contributed by atoms with van der Waals surface area (Å²) in [6.07, 6.45) is 2.94. The van der Waals surface area contributed by atoms with Gasteiger partial charge in [-0.15, -0.1) is 0 Å². The Morgan fingerprint density at radius 2 is 2.44 bits per heavy atom. The van der Waals surface area contributed by atoms with Crippen molar-refractivity contribution >= 4 is 17.7 Å². The molecule has 0 saturated heterocycles. The second-order valence-electron chi connectivity index (χ2n) is 2.87. The highest BCUT2D eigenvalue weighted by Gasteiger charge is 1.94. The molecule has 0 saturated carbocycles. The molecule has 0 bridgehead atoms. The molecule has 0 aliphatic heterocycles. The standard InChI is InChI=1S/C11H11N3O2/c1-2-16-11(15)7-6-9-4-3-5-10(8-9)13-14-12/h3-8H,2H2,1H3. The normalized spacial score (nSPS) is 9.81. The Balaban J connectivity index is 2.77. The van der Waals surface area contributed by atoms with Crippen LogP contribution in [0.25, 0.3) is 16.5 Å². The highest BCUT2D eigenvalue weighted by Crippen LogP contribution is 2.15. The first-order valence-electron chi connectivity index (χ1n) is 4.76. The molecule has 0 heterocycles. The Kier molecular flexibility index (Phi) is 4.63. The van der Waals surface area contributed by atoms with Gasteiger partial charge in [0.1, 0.15) is 0 Å². The number of azide groups is 1. The molecule has 0 radical (unpaired) electrons. The maximum Gasteiger partial charge on any atom is 0.330 e. The van der Waals surface area contributed by atoms with E-state index in [1.165, 1.54) is 6.08 Å². The van der Waals surface area contributed by atoms with Gasteiger partial charge >= 0.3 is 5.97 Å². The van der Waals surface area contributed by atoms with Gasteiger partial charge in [-0.05, 0) is 30.2 Å². The Labute approximate surface area is 93.0 Å². The Bertz CT molecular complexity index is 448. The van der Waals surface area contributed by atoms with Crippen LogP contribution < -0.4 is 0 Å². The van der Waals surface area contributed by atoms with Crippen LogP contribution in [0.15, 0.2) is 35.5 Å². The molecular formula is C11H11N3O2. The van der Waals surface area contributed by atoms with E-state index in [-0.39, 0.29) is 0 Å². The van der Waals surface area contributed by atoms with E-state index in [4.69, 9.17) is 10.3 Å². The minimum absolute atomic E-state index is 0.349. The van der Waals surface area contributed by atoms with Gasteiger partial charge in [-0.2, -0.15) is 0 Å². The molecule has 0 N–H and O–H groups in total. The van der Waals surface area contributed by atoms with Gasteiger partial charge in [0.25, 0.3) is 0 Å². The Morgan fingerprint density at radius 3 is 3.12 bits per heavy atom. The minimum Gasteiger partial charge on any atom is -0.463 e. The summed E-state index contributed by atoms with van der Waals surface area (Å²) in [6, 6.07) is 6.90. The minimum atomic E-state index is -0.392. The first kappa shape index (κ1) is 11.8. The predicted octanol–water partition coefficient (Wildman–Crippen LogP) is 3.20. The van der Waals surface area contributed by atoms with Crippen LogP contribution in [0.3, 0.4) is 0 Å². The molecule has 5 heteroatoms. The smallest absolute Gasteiger partial charge is 0.330 e. The number of esters is 1.